The smallest absolute Gasteiger partial charge is 0.306 e. The number of hydrogen-bond donors (Lipinski definition) is 1. The Hall–Kier alpha value is -2.29. The van der Waals surface area contributed by atoms with Crippen molar-refractivity contribution in [3.63, 3.8) is 0 Å². The van der Waals surface area contributed by atoms with Gasteiger partial charge in [0.15, 0.2) is 0 Å². The molecule has 1 N–H and O–H groups in total. The maximum absolute atomic E-state index is 12.0. The van der Waals surface area contributed by atoms with E-state index in [4.69, 9.17) is 33.2 Å². The van der Waals surface area contributed by atoms with Gasteiger partial charge >= 0.3 is 5.97 Å². The number of nitriles is 1. The van der Waals surface area contributed by atoms with Crippen molar-refractivity contribution in [3.8, 4) is 6.07 Å². The summed E-state index contributed by atoms with van der Waals surface area (Å²) in [5.74, 6) is -0.417. The van der Waals surface area contributed by atoms with E-state index in [1.807, 2.05) is 6.07 Å². The van der Waals surface area contributed by atoms with Crippen molar-refractivity contribution in [2.45, 2.75) is 33.3 Å². The van der Waals surface area contributed by atoms with Crippen LogP contribution in [-0.2, 0) is 22.6 Å². The third-order valence-electron chi connectivity index (χ3n) is 3.94. The number of rotatable bonds is 5. The van der Waals surface area contributed by atoms with Crippen LogP contribution in [0.5, 0.6) is 0 Å². The fourth-order valence-electron chi connectivity index (χ4n) is 2.54. The number of pyridine rings is 1. The first-order valence-corrected chi connectivity index (χ1v) is 8.31. The number of nitrogens with one attached hydrogen (secondary N) is 1. The van der Waals surface area contributed by atoms with Gasteiger partial charge in [-0.1, -0.05) is 29.3 Å². The van der Waals surface area contributed by atoms with Crippen LogP contribution in [0.2, 0.25) is 10.0 Å². The number of ether oxygens (including phenoxy) is 1. The molecule has 0 spiro atoms. The number of carbonyl (C=O) groups excluding carboxylic acids is 1. The number of hydrogen-bond acceptors (Lipinski definition) is 4. The van der Waals surface area contributed by atoms with E-state index in [1.54, 1.807) is 32.0 Å². The number of esters is 1. The maximum Gasteiger partial charge on any atom is 0.306 e. The van der Waals surface area contributed by atoms with Crippen LogP contribution in [0.1, 0.15) is 34.4 Å². The molecule has 7 heteroatoms. The Morgan fingerprint density at radius 2 is 1.88 bits per heavy atom. The molecule has 25 heavy (non-hydrogen) atoms. The zero-order valence-corrected chi connectivity index (χ0v) is 15.3. The Bertz CT molecular complexity index is 894. The lowest BCUT2D eigenvalue weighted by atomic mass is 9.99. The van der Waals surface area contributed by atoms with E-state index in [2.05, 4.69) is 4.98 Å². The van der Waals surface area contributed by atoms with Gasteiger partial charge in [-0.15, -0.1) is 0 Å². The summed E-state index contributed by atoms with van der Waals surface area (Å²) in [6.45, 7) is 3.43. The number of H-pyrrole nitrogens is 1. The Morgan fingerprint density at radius 3 is 2.48 bits per heavy atom. The lowest BCUT2D eigenvalue weighted by Crippen LogP contribution is -2.17. The molecule has 0 bridgehead atoms. The first-order valence-electron chi connectivity index (χ1n) is 7.56. The second-order valence-electron chi connectivity index (χ2n) is 5.53. The third-order valence-corrected chi connectivity index (χ3v) is 4.65. The first kappa shape index (κ1) is 19.0. The molecule has 0 saturated carbocycles. The number of nitrogens with zero attached hydrogens (tertiary/aromatic N) is 1. The molecule has 0 saturated heterocycles. The normalized spacial score (nSPS) is 10.4. The summed E-state index contributed by atoms with van der Waals surface area (Å²) in [6.07, 6.45) is 0.471. The second-order valence-corrected chi connectivity index (χ2v) is 6.34. The van der Waals surface area contributed by atoms with E-state index < -0.39 is 11.5 Å². The molecule has 0 atom stereocenters. The zero-order chi connectivity index (χ0) is 18.6. The van der Waals surface area contributed by atoms with Gasteiger partial charge in [0.2, 0.25) is 0 Å². The van der Waals surface area contributed by atoms with Gasteiger partial charge < -0.3 is 9.72 Å². The molecule has 0 aliphatic heterocycles. The molecule has 0 fully saturated rings. The van der Waals surface area contributed by atoms with Crippen molar-refractivity contribution in [1.82, 2.24) is 4.98 Å². The summed E-state index contributed by atoms with van der Waals surface area (Å²) in [5, 5.41) is 9.94. The van der Waals surface area contributed by atoms with Gasteiger partial charge in [-0.25, -0.2) is 0 Å². The fraction of sp³-hybridized carbons (Fsp3) is 0.278. The standard InChI is InChI=1S/C18H16Cl2N2O3/c1-10-12(11(2)22-18(24)13(10)8-21)6-7-17(23)25-9-14-15(19)4-3-5-16(14)20/h3-5H,6-7,9H2,1-2H3,(H,22,24). The van der Waals surface area contributed by atoms with Gasteiger partial charge in [0, 0.05) is 27.7 Å². The number of carbonyl (C=O) groups is 1. The van der Waals surface area contributed by atoms with Crippen molar-refractivity contribution in [2.75, 3.05) is 0 Å². The molecule has 2 rings (SSSR count). The molecular formula is C18H16Cl2N2O3. The summed E-state index contributed by atoms with van der Waals surface area (Å²) >= 11 is 12.1. The molecule has 1 aromatic heterocycles. The molecule has 0 amide bonds. The van der Waals surface area contributed by atoms with Gasteiger partial charge in [0.1, 0.15) is 18.2 Å². The van der Waals surface area contributed by atoms with Crippen LogP contribution >= 0.6 is 23.2 Å². The van der Waals surface area contributed by atoms with Crippen LogP contribution in [0.25, 0.3) is 0 Å². The topological polar surface area (TPSA) is 83.0 Å². The quantitative estimate of drug-likeness (QED) is 0.800. The van der Waals surface area contributed by atoms with E-state index in [9.17, 15) is 9.59 Å². The van der Waals surface area contributed by atoms with Crippen LogP contribution in [0.3, 0.4) is 0 Å². The molecule has 2 aromatic rings. The number of aromatic nitrogens is 1. The van der Waals surface area contributed by atoms with E-state index in [1.165, 1.54) is 0 Å². The molecule has 0 aliphatic carbocycles. The largest absolute Gasteiger partial charge is 0.461 e. The number of aromatic amines is 1. The highest BCUT2D eigenvalue weighted by Gasteiger charge is 2.14. The van der Waals surface area contributed by atoms with Crippen LogP contribution in [0.15, 0.2) is 23.0 Å². The van der Waals surface area contributed by atoms with Crippen molar-refractivity contribution >= 4 is 29.2 Å². The summed E-state index contributed by atoms with van der Waals surface area (Å²) in [5.41, 5.74) is 2.20. The molecule has 0 radical (unpaired) electrons. The van der Waals surface area contributed by atoms with E-state index in [0.717, 1.165) is 5.56 Å². The molecule has 0 unspecified atom stereocenters. The van der Waals surface area contributed by atoms with Crippen molar-refractivity contribution in [2.24, 2.45) is 0 Å². The highest BCUT2D eigenvalue weighted by atomic mass is 35.5. The Kier molecular flexibility index (Phi) is 6.24. The van der Waals surface area contributed by atoms with E-state index in [0.29, 0.717) is 33.3 Å². The minimum Gasteiger partial charge on any atom is -0.461 e. The number of aryl methyl sites for hydroxylation is 1. The third kappa shape index (κ3) is 4.41. The lowest BCUT2D eigenvalue weighted by molar-refractivity contribution is -0.144. The lowest BCUT2D eigenvalue weighted by Gasteiger charge is -2.11. The SMILES string of the molecule is Cc1[nH]c(=O)c(C#N)c(C)c1CCC(=O)OCc1c(Cl)cccc1Cl. The average Bonchev–Trinajstić information content (AvgIpc) is 2.54. The predicted octanol–water partition coefficient (Wildman–Crippen LogP) is 3.85. The van der Waals surface area contributed by atoms with Gasteiger partial charge in [0.05, 0.1) is 0 Å². The van der Waals surface area contributed by atoms with E-state index >= 15 is 0 Å². The van der Waals surface area contributed by atoms with Crippen molar-refractivity contribution in [1.29, 1.82) is 5.26 Å². The second kappa shape index (κ2) is 8.19. The summed E-state index contributed by atoms with van der Waals surface area (Å²) in [7, 11) is 0. The van der Waals surface area contributed by atoms with Crippen molar-refractivity contribution in [3.05, 3.63) is 66.5 Å². The summed E-state index contributed by atoms with van der Waals surface area (Å²) in [6, 6.07) is 6.95. The first-order chi connectivity index (χ1) is 11.8. The van der Waals surface area contributed by atoms with Crippen LogP contribution < -0.4 is 5.56 Å². The minimum atomic E-state index is -0.419. The Balaban J connectivity index is 2.04. The predicted molar refractivity (Wildman–Crippen MR) is 95.8 cm³/mol. The van der Waals surface area contributed by atoms with Crippen LogP contribution in [-0.4, -0.2) is 11.0 Å². The summed E-state index contributed by atoms with van der Waals surface area (Å²) < 4.78 is 5.23. The van der Waals surface area contributed by atoms with E-state index in [-0.39, 0.29) is 18.6 Å². The molecule has 1 aromatic carbocycles. The van der Waals surface area contributed by atoms with Crippen LogP contribution in [0.4, 0.5) is 0 Å². The highest BCUT2D eigenvalue weighted by Crippen LogP contribution is 2.25. The summed E-state index contributed by atoms with van der Waals surface area (Å²) in [4.78, 5) is 26.4. The number of halogens is 2. The molecule has 0 aliphatic rings. The Labute approximate surface area is 155 Å². The maximum atomic E-state index is 12.0. The highest BCUT2D eigenvalue weighted by molar-refractivity contribution is 6.35. The average molecular weight is 379 g/mol. The monoisotopic (exact) mass is 378 g/mol. The molecule has 1 heterocycles. The minimum absolute atomic E-state index is 0.00955. The van der Waals surface area contributed by atoms with Crippen molar-refractivity contribution < 1.29 is 9.53 Å². The fourth-order valence-corrected chi connectivity index (χ4v) is 3.05. The van der Waals surface area contributed by atoms with Crippen LogP contribution in [0, 0.1) is 25.2 Å². The van der Waals surface area contributed by atoms with Gasteiger partial charge in [-0.2, -0.15) is 5.26 Å². The van der Waals surface area contributed by atoms with Gasteiger partial charge in [0.25, 0.3) is 5.56 Å². The molecule has 130 valence electrons. The van der Waals surface area contributed by atoms with Gasteiger partial charge in [-0.05, 0) is 43.5 Å². The molecule has 5 nitrogen and oxygen atoms in total. The zero-order valence-electron chi connectivity index (χ0n) is 13.8. The Morgan fingerprint density at radius 1 is 1.24 bits per heavy atom. The number of benzene rings is 1. The molecular weight excluding hydrogens is 363 g/mol. The van der Waals surface area contributed by atoms with Gasteiger partial charge in [-0.3, -0.25) is 9.59 Å².